The molecule has 0 saturated carbocycles. The molecule has 0 bridgehead atoms. The average molecular weight is 312 g/mol. The number of amides is 1. The zero-order valence-electron chi connectivity index (χ0n) is 11.8. The summed E-state index contributed by atoms with van der Waals surface area (Å²) < 4.78 is 5.26. The number of rotatable bonds is 5. The molecule has 2 atom stereocenters. The third-order valence-electron chi connectivity index (χ3n) is 3.74. The van der Waals surface area contributed by atoms with Gasteiger partial charge in [0.2, 0.25) is 5.91 Å². The Kier molecular flexibility index (Phi) is 5.20. The van der Waals surface area contributed by atoms with Crippen molar-refractivity contribution in [1.82, 2.24) is 4.90 Å². The molecule has 0 radical (unpaired) electrons. The summed E-state index contributed by atoms with van der Waals surface area (Å²) in [4.78, 5) is 25.0. The van der Waals surface area contributed by atoms with E-state index in [1.165, 1.54) is 0 Å². The lowest BCUT2D eigenvalue weighted by atomic mass is 10.1. The van der Waals surface area contributed by atoms with E-state index in [1.807, 2.05) is 6.07 Å². The van der Waals surface area contributed by atoms with Gasteiger partial charge in [-0.2, -0.15) is 0 Å². The second-order valence-electron chi connectivity index (χ2n) is 5.16. The molecular formula is C15H18ClNO4. The number of carboxylic acid groups (broad SMARTS) is 1. The van der Waals surface area contributed by atoms with Crippen LogP contribution in [0.4, 0.5) is 0 Å². The molecule has 21 heavy (non-hydrogen) atoms. The van der Waals surface area contributed by atoms with Crippen LogP contribution in [0.15, 0.2) is 24.3 Å². The predicted molar refractivity (Wildman–Crippen MR) is 78.3 cm³/mol. The molecule has 114 valence electrons. The van der Waals surface area contributed by atoms with Crippen molar-refractivity contribution in [3.8, 4) is 0 Å². The maximum Gasteiger partial charge on any atom is 0.305 e. The van der Waals surface area contributed by atoms with Gasteiger partial charge in [0, 0.05) is 24.7 Å². The summed E-state index contributed by atoms with van der Waals surface area (Å²) in [5.74, 6) is -1.03. The van der Waals surface area contributed by atoms with Gasteiger partial charge in [-0.3, -0.25) is 9.59 Å². The Labute approximate surface area is 128 Å². The number of carbonyl (C=O) groups excluding carboxylic acids is 1. The number of aliphatic carboxylic acids is 1. The fraction of sp³-hybridized carbons (Fsp3) is 0.467. The molecule has 1 aliphatic rings. The summed E-state index contributed by atoms with van der Waals surface area (Å²) in [6, 6.07) is 6.85. The smallest absolute Gasteiger partial charge is 0.305 e. The Morgan fingerprint density at radius 2 is 2.14 bits per heavy atom. The topological polar surface area (TPSA) is 66.8 Å². The Bertz CT molecular complexity index is 534. The molecule has 1 aromatic rings. The Balaban J connectivity index is 2.08. The van der Waals surface area contributed by atoms with Gasteiger partial charge in [-0.1, -0.05) is 29.8 Å². The zero-order chi connectivity index (χ0) is 15.4. The number of carboxylic acids is 1. The Morgan fingerprint density at radius 3 is 2.76 bits per heavy atom. The Hall–Kier alpha value is -1.59. The van der Waals surface area contributed by atoms with Crippen LogP contribution in [0, 0.1) is 0 Å². The van der Waals surface area contributed by atoms with Crippen LogP contribution in [0.2, 0.25) is 5.02 Å². The first-order valence-corrected chi connectivity index (χ1v) is 7.16. The average Bonchev–Trinajstić information content (AvgIpc) is 2.83. The van der Waals surface area contributed by atoms with Crippen LogP contribution >= 0.6 is 11.6 Å². The predicted octanol–water partition coefficient (Wildman–Crippen LogP) is 1.97. The van der Waals surface area contributed by atoms with Crippen LogP contribution in [0.5, 0.6) is 0 Å². The minimum atomic E-state index is -0.910. The summed E-state index contributed by atoms with van der Waals surface area (Å²) in [5.41, 5.74) is 0.749. The zero-order valence-corrected chi connectivity index (χ0v) is 12.5. The summed E-state index contributed by atoms with van der Waals surface area (Å²) in [5, 5.41) is 9.51. The number of hydrogen-bond donors (Lipinski definition) is 1. The van der Waals surface area contributed by atoms with Crippen molar-refractivity contribution in [3.63, 3.8) is 0 Å². The molecule has 0 aliphatic carbocycles. The van der Waals surface area contributed by atoms with E-state index in [-0.39, 0.29) is 30.9 Å². The molecule has 1 amide bonds. The van der Waals surface area contributed by atoms with Crippen LogP contribution < -0.4 is 0 Å². The number of methoxy groups -OCH3 is 1. The minimum Gasteiger partial charge on any atom is -0.481 e. The summed E-state index contributed by atoms with van der Waals surface area (Å²) >= 11 is 6.06. The van der Waals surface area contributed by atoms with Gasteiger partial charge in [0.15, 0.2) is 0 Å². The highest BCUT2D eigenvalue weighted by Crippen LogP contribution is 2.25. The third-order valence-corrected chi connectivity index (χ3v) is 4.11. The van der Waals surface area contributed by atoms with Crippen molar-refractivity contribution >= 4 is 23.5 Å². The summed E-state index contributed by atoms with van der Waals surface area (Å²) in [6.45, 7) is 0.428. The van der Waals surface area contributed by atoms with Gasteiger partial charge in [0.1, 0.15) is 0 Å². The summed E-state index contributed by atoms with van der Waals surface area (Å²) in [7, 11) is 1.57. The molecule has 2 rings (SSSR count). The number of nitrogens with zero attached hydrogens (tertiary/aromatic N) is 1. The second-order valence-corrected chi connectivity index (χ2v) is 5.57. The van der Waals surface area contributed by atoms with Crippen LogP contribution in [0.25, 0.3) is 0 Å². The van der Waals surface area contributed by atoms with Crippen molar-refractivity contribution in [1.29, 1.82) is 0 Å². The molecule has 2 unspecified atom stereocenters. The molecule has 1 fully saturated rings. The molecule has 1 aromatic carbocycles. The second kappa shape index (κ2) is 6.91. The van der Waals surface area contributed by atoms with Crippen LogP contribution in [-0.4, -0.2) is 47.7 Å². The van der Waals surface area contributed by atoms with Gasteiger partial charge in [0.05, 0.1) is 18.9 Å². The van der Waals surface area contributed by atoms with Crippen molar-refractivity contribution in [3.05, 3.63) is 34.9 Å². The van der Waals surface area contributed by atoms with Crippen molar-refractivity contribution in [2.75, 3.05) is 13.7 Å². The first-order chi connectivity index (χ1) is 10.0. The SMILES string of the molecule is COC1CC(CC(=O)O)N(C(=O)Cc2ccccc2Cl)C1. The standard InChI is InChI=1S/C15H18ClNO4/c1-21-12-7-11(8-15(19)20)17(9-12)14(18)6-10-4-2-3-5-13(10)16/h2-5,11-12H,6-9H2,1H3,(H,19,20). The highest BCUT2D eigenvalue weighted by atomic mass is 35.5. The maximum atomic E-state index is 12.4. The number of benzene rings is 1. The highest BCUT2D eigenvalue weighted by molar-refractivity contribution is 6.31. The van der Waals surface area contributed by atoms with Gasteiger partial charge >= 0.3 is 5.97 Å². The highest BCUT2D eigenvalue weighted by Gasteiger charge is 2.36. The van der Waals surface area contributed by atoms with E-state index in [0.717, 1.165) is 5.56 Å². The largest absolute Gasteiger partial charge is 0.481 e. The molecule has 1 aliphatic heterocycles. The molecule has 1 N–H and O–H groups in total. The monoisotopic (exact) mass is 311 g/mol. The molecule has 0 aromatic heterocycles. The van der Waals surface area contributed by atoms with E-state index in [1.54, 1.807) is 30.2 Å². The first kappa shape index (κ1) is 15.8. The quantitative estimate of drug-likeness (QED) is 0.903. The first-order valence-electron chi connectivity index (χ1n) is 6.78. The van der Waals surface area contributed by atoms with Gasteiger partial charge < -0.3 is 14.7 Å². The van der Waals surface area contributed by atoms with Crippen molar-refractivity contribution in [2.45, 2.75) is 31.4 Å². The van der Waals surface area contributed by atoms with E-state index in [0.29, 0.717) is 18.0 Å². The van der Waals surface area contributed by atoms with Crippen LogP contribution in [0.1, 0.15) is 18.4 Å². The van der Waals surface area contributed by atoms with Gasteiger partial charge in [-0.25, -0.2) is 0 Å². The number of likely N-dealkylation sites (tertiary alicyclic amines) is 1. The molecule has 5 nitrogen and oxygen atoms in total. The van der Waals surface area contributed by atoms with E-state index < -0.39 is 5.97 Å². The lowest BCUT2D eigenvalue weighted by Gasteiger charge is -2.23. The molecule has 1 heterocycles. The van der Waals surface area contributed by atoms with Crippen LogP contribution in [0.3, 0.4) is 0 Å². The normalized spacial score (nSPS) is 21.5. The molecule has 6 heteroatoms. The van der Waals surface area contributed by atoms with Gasteiger partial charge in [-0.15, -0.1) is 0 Å². The van der Waals surface area contributed by atoms with Gasteiger partial charge in [-0.05, 0) is 18.1 Å². The van der Waals surface area contributed by atoms with E-state index in [2.05, 4.69) is 0 Å². The lowest BCUT2D eigenvalue weighted by molar-refractivity contribution is -0.139. The number of halogens is 1. The van der Waals surface area contributed by atoms with Gasteiger partial charge in [0.25, 0.3) is 0 Å². The van der Waals surface area contributed by atoms with Crippen molar-refractivity contribution < 1.29 is 19.4 Å². The molecule has 0 spiro atoms. The van der Waals surface area contributed by atoms with Crippen LogP contribution in [-0.2, 0) is 20.7 Å². The summed E-state index contributed by atoms with van der Waals surface area (Å²) in [6.07, 6.45) is 0.557. The minimum absolute atomic E-state index is 0.0614. The van der Waals surface area contributed by atoms with E-state index in [4.69, 9.17) is 21.4 Å². The van der Waals surface area contributed by atoms with Crippen molar-refractivity contribution in [2.24, 2.45) is 0 Å². The molecule has 1 saturated heterocycles. The fourth-order valence-corrected chi connectivity index (χ4v) is 2.85. The number of ether oxygens (including phenoxy) is 1. The number of carbonyl (C=O) groups is 2. The van der Waals surface area contributed by atoms with E-state index >= 15 is 0 Å². The third kappa shape index (κ3) is 3.95. The Morgan fingerprint density at radius 1 is 1.43 bits per heavy atom. The lowest BCUT2D eigenvalue weighted by Crippen LogP contribution is -2.38. The molecular weight excluding hydrogens is 294 g/mol. The fourth-order valence-electron chi connectivity index (χ4n) is 2.65. The van der Waals surface area contributed by atoms with E-state index in [9.17, 15) is 9.59 Å². The number of hydrogen-bond acceptors (Lipinski definition) is 3. The maximum absolute atomic E-state index is 12.4.